The van der Waals surface area contributed by atoms with Crippen molar-refractivity contribution in [3.05, 3.63) is 46.3 Å². The minimum absolute atomic E-state index is 0.0740. The summed E-state index contributed by atoms with van der Waals surface area (Å²) in [6, 6.07) is 5.53. The van der Waals surface area contributed by atoms with Crippen LogP contribution >= 0.6 is 0 Å². The van der Waals surface area contributed by atoms with Crippen LogP contribution in [0.2, 0.25) is 0 Å². The number of hydrogen-bond donors (Lipinski definition) is 1. The molecule has 3 rings (SSSR count). The van der Waals surface area contributed by atoms with Crippen LogP contribution in [0.15, 0.2) is 40.7 Å². The highest BCUT2D eigenvalue weighted by molar-refractivity contribution is 6.03. The number of hydrogen-bond acceptors (Lipinski definition) is 6. The van der Waals surface area contributed by atoms with Gasteiger partial charge < -0.3 is 19.5 Å². The van der Waals surface area contributed by atoms with Crippen LogP contribution in [0.1, 0.15) is 57.4 Å². The Labute approximate surface area is 171 Å². The second-order valence-corrected chi connectivity index (χ2v) is 7.37. The molecule has 6 nitrogen and oxygen atoms in total. The van der Waals surface area contributed by atoms with Crippen molar-refractivity contribution in [3.63, 3.8) is 0 Å². The number of Topliss-reactive ketones (excluding diaryl/α,β-unsaturated/α-hetero) is 1. The van der Waals surface area contributed by atoms with Crippen molar-refractivity contribution < 1.29 is 23.8 Å². The van der Waals surface area contributed by atoms with Crippen molar-refractivity contribution in [1.82, 2.24) is 5.32 Å². The highest BCUT2D eigenvalue weighted by Crippen LogP contribution is 2.44. The molecule has 0 spiro atoms. The molecular formula is C23H29NO5. The van der Waals surface area contributed by atoms with Gasteiger partial charge in [0.25, 0.3) is 0 Å². The van der Waals surface area contributed by atoms with E-state index in [1.54, 1.807) is 20.3 Å². The maximum atomic E-state index is 13.0. The van der Waals surface area contributed by atoms with Crippen molar-refractivity contribution in [1.29, 1.82) is 0 Å². The Kier molecular flexibility index (Phi) is 6.62. The Hall–Kier alpha value is -2.76. The lowest BCUT2D eigenvalue weighted by Crippen LogP contribution is -2.34. The lowest BCUT2D eigenvalue weighted by molar-refractivity contribution is -0.139. The molecule has 0 fully saturated rings. The first-order valence-corrected chi connectivity index (χ1v) is 10.1. The monoisotopic (exact) mass is 399 g/mol. The van der Waals surface area contributed by atoms with Crippen molar-refractivity contribution in [2.24, 2.45) is 0 Å². The third-order valence-electron chi connectivity index (χ3n) is 5.47. The molecular weight excluding hydrogens is 370 g/mol. The Morgan fingerprint density at radius 3 is 2.62 bits per heavy atom. The number of ketones is 1. The van der Waals surface area contributed by atoms with Crippen molar-refractivity contribution >= 4 is 11.8 Å². The molecule has 156 valence electrons. The Morgan fingerprint density at radius 2 is 1.93 bits per heavy atom. The Bertz CT molecular complexity index is 868. The van der Waals surface area contributed by atoms with Gasteiger partial charge in [-0.3, -0.25) is 4.79 Å². The number of benzene rings is 1. The van der Waals surface area contributed by atoms with Gasteiger partial charge >= 0.3 is 5.97 Å². The average Bonchev–Trinajstić information content (AvgIpc) is 2.72. The molecule has 1 N–H and O–H groups in total. The molecule has 1 aromatic rings. The fraction of sp³-hybridized carbons (Fsp3) is 0.478. The second kappa shape index (κ2) is 9.16. The number of dihydropyridines is 1. The van der Waals surface area contributed by atoms with Crippen molar-refractivity contribution in [3.8, 4) is 11.5 Å². The molecule has 0 amide bonds. The van der Waals surface area contributed by atoms with Crippen LogP contribution in [0, 0.1) is 0 Å². The zero-order valence-electron chi connectivity index (χ0n) is 17.6. The van der Waals surface area contributed by atoms with E-state index in [0.717, 1.165) is 42.6 Å². The lowest BCUT2D eigenvalue weighted by Gasteiger charge is -2.34. The molecule has 0 aromatic heterocycles. The summed E-state index contributed by atoms with van der Waals surface area (Å²) < 4.78 is 16.3. The largest absolute Gasteiger partial charge is 0.493 e. The van der Waals surface area contributed by atoms with Gasteiger partial charge in [-0.1, -0.05) is 19.4 Å². The molecule has 0 radical (unpaired) electrons. The van der Waals surface area contributed by atoms with Crippen LogP contribution in [0.25, 0.3) is 0 Å². The van der Waals surface area contributed by atoms with Crippen molar-refractivity contribution in [2.75, 3.05) is 20.8 Å². The van der Waals surface area contributed by atoms with E-state index in [1.807, 2.05) is 26.0 Å². The molecule has 1 atom stereocenters. The molecule has 1 heterocycles. The third kappa shape index (κ3) is 4.16. The van der Waals surface area contributed by atoms with Gasteiger partial charge in [-0.25, -0.2) is 4.79 Å². The molecule has 2 aliphatic rings. The molecule has 1 unspecified atom stereocenters. The number of carbonyl (C=O) groups is 2. The van der Waals surface area contributed by atoms with Gasteiger partial charge in [0.2, 0.25) is 0 Å². The van der Waals surface area contributed by atoms with E-state index in [1.165, 1.54) is 0 Å². The van der Waals surface area contributed by atoms with Crippen LogP contribution in [-0.4, -0.2) is 32.6 Å². The van der Waals surface area contributed by atoms with Gasteiger partial charge in [0, 0.05) is 29.3 Å². The van der Waals surface area contributed by atoms with Crippen LogP contribution in [0.5, 0.6) is 11.5 Å². The summed E-state index contributed by atoms with van der Waals surface area (Å²) in [6.07, 6.45) is 3.84. The quantitative estimate of drug-likeness (QED) is 0.552. The highest BCUT2D eigenvalue weighted by atomic mass is 16.5. The SMILES string of the molecule is CCCCOC(=O)C1=C(C)NC2=C(C(=O)CCC2)C1c1ccc(OC)c(OC)c1. The molecule has 1 aliphatic carbocycles. The molecule has 1 aromatic carbocycles. The first kappa shape index (κ1) is 21.0. The number of unbranched alkanes of at least 4 members (excludes halogenated alkanes) is 1. The fourth-order valence-electron chi connectivity index (χ4n) is 4.01. The zero-order valence-corrected chi connectivity index (χ0v) is 17.6. The van der Waals surface area contributed by atoms with Gasteiger partial charge in [-0.05, 0) is 43.9 Å². The molecule has 0 saturated heterocycles. The van der Waals surface area contributed by atoms with E-state index in [9.17, 15) is 9.59 Å². The predicted octanol–water partition coefficient (Wildman–Crippen LogP) is 4.02. The summed E-state index contributed by atoms with van der Waals surface area (Å²) in [5, 5.41) is 3.30. The molecule has 0 bridgehead atoms. The Balaban J connectivity index is 2.09. The number of methoxy groups -OCH3 is 2. The fourth-order valence-corrected chi connectivity index (χ4v) is 4.01. The summed E-state index contributed by atoms with van der Waals surface area (Å²) in [4.78, 5) is 25.9. The zero-order chi connectivity index (χ0) is 21.0. The maximum Gasteiger partial charge on any atom is 0.336 e. The molecule has 6 heteroatoms. The van der Waals surface area contributed by atoms with E-state index < -0.39 is 5.92 Å². The Morgan fingerprint density at radius 1 is 1.17 bits per heavy atom. The second-order valence-electron chi connectivity index (χ2n) is 7.37. The van der Waals surface area contributed by atoms with Crippen LogP contribution in [0.3, 0.4) is 0 Å². The topological polar surface area (TPSA) is 73.9 Å². The third-order valence-corrected chi connectivity index (χ3v) is 5.47. The van der Waals surface area contributed by atoms with Gasteiger partial charge in [-0.15, -0.1) is 0 Å². The van der Waals surface area contributed by atoms with E-state index >= 15 is 0 Å². The minimum Gasteiger partial charge on any atom is -0.493 e. The van der Waals surface area contributed by atoms with E-state index in [2.05, 4.69) is 5.32 Å². The summed E-state index contributed by atoms with van der Waals surface area (Å²) in [6.45, 7) is 4.28. The average molecular weight is 399 g/mol. The first-order valence-electron chi connectivity index (χ1n) is 10.1. The summed E-state index contributed by atoms with van der Waals surface area (Å²) in [7, 11) is 3.15. The minimum atomic E-state index is -0.479. The highest BCUT2D eigenvalue weighted by Gasteiger charge is 2.39. The number of esters is 1. The smallest absolute Gasteiger partial charge is 0.336 e. The number of allylic oxidation sites excluding steroid dienone is 3. The summed E-state index contributed by atoms with van der Waals surface area (Å²) in [5.41, 5.74) is 3.61. The number of nitrogens with one attached hydrogen (secondary N) is 1. The van der Waals surface area contributed by atoms with E-state index in [4.69, 9.17) is 14.2 Å². The molecule has 0 saturated carbocycles. The summed E-state index contributed by atoms with van der Waals surface area (Å²) in [5.74, 6) is 0.374. The molecule has 1 aliphatic heterocycles. The number of ether oxygens (including phenoxy) is 3. The van der Waals surface area contributed by atoms with Crippen LogP contribution in [0.4, 0.5) is 0 Å². The number of rotatable bonds is 7. The van der Waals surface area contributed by atoms with Gasteiger partial charge in [0.15, 0.2) is 17.3 Å². The normalized spacial score (nSPS) is 18.9. The summed E-state index contributed by atoms with van der Waals surface area (Å²) >= 11 is 0. The van der Waals surface area contributed by atoms with E-state index in [-0.39, 0.29) is 11.8 Å². The van der Waals surface area contributed by atoms with Gasteiger partial charge in [0.05, 0.1) is 26.4 Å². The maximum absolute atomic E-state index is 13.0. The van der Waals surface area contributed by atoms with Gasteiger partial charge in [0.1, 0.15) is 0 Å². The first-order chi connectivity index (χ1) is 14.0. The van der Waals surface area contributed by atoms with Crippen molar-refractivity contribution in [2.45, 2.75) is 51.9 Å². The lowest BCUT2D eigenvalue weighted by atomic mass is 9.75. The molecule has 29 heavy (non-hydrogen) atoms. The number of carbonyl (C=O) groups excluding carboxylic acids is 2. The van der Waals surface area contributed by atoms with E-state index in [0.29, 0.717) is 35.7 Å². The van der Waals surface area contributed by atoms with Gasteiger partial charge in [-0.2, -0.15) is 0 Å². The van der Waals surface area contributed by atoms with Crippen LogP contribution in [-0.2, 0) is 14.3 Å². The predicted molar refractivity (Wildman–Crippen MR) is 110 cm³/mol. The standard InChI is InChI=1S/C23H29NO5/c1-5-6-12-29-23(26)20-14(2)24-16-8-7-9-17(25)22(16)21(20)15-10-11-18(27-3)19(13-15)28-4/h10-11,13,21,24H,5-9,12H2,1-4H3. The van der Waals surface area contributed by atoms with Crippen LogP contribution < -0.4 is 14.8 Å².